The first kappa shape index (κ1) is 13.9. The zero-order valence-electron chi connectivity index (χ0n) is 11.4. The molecule has 7 nitrogen and oxygen atoms in total. The summed E-state index contributed by atoms with van der Waals surface area (Å²) in [6, 6.07) is 8.46. The predicted octanol–water partition coefficient (Wildman–Crippen LogP) is 1.60. The molecule has 2 aromatic heterocycles. The van der Waals surface area contributed by atoms with E-state index in [4.69, 9.17) is 10.5 Å². The van der Waals surface area contributed by atoms with E-state index < -0.39 is 12.6 Å². The van der Waals surface area contributed by atoms with Gasteiger partial charge in [0.1, 0.15) is 6.67 Å². The lowest BCUT2D eigenvalue weighted by molar-refractivity contribution is 0.0730. The molecule has 0 saturated heterocycles. The Kier molecular flexibility index (Phi) is 3.65. The fraction of sp³-hybridized carbons (Fsp3) is 0.143. The van der Waals surface area contributed by atoms with Gasteiger partial charge in [0.25, 0.3) is 5.88 Å². The molecule has 0 aliphatic carbocycles. The van der Waals surface area contributed by atoms with Crippen molar-refractivity contribution in [2.24, 2.45) is 0 Å². The highest BCUT2D eigenvalue weighted by molar-refractivity contribution is 5.92. The number of fused-ring (bicyclic) bond motifs is 1. The Morgan fingerprint density at radius 3 is 2.77 bits per heavy atom. The van der Waals surface area contributed by atoms with Crippen LogP contribution in [0.4, 0.5) is 10.3 Å². The van der Waals surface area contributed by atoms with Gasteiger partial charge in [0.05, 0.1) is 18.4 Å². The van der Waals surface area contributed by atoms with Crippen LogP contribution in [0, 0.1) is 0 Å². The second kappa shape index (κ2) is 5.76. The third-order valence-corrected chi connectivity index (χ3v) is 2.97. The van der Waals surface area contributed by atoms with Gasteiger partial charge in [-0.05, 0) is 12.1 Å². The number of nitrogens with two attached hydrogens (primary N) is 1. The maximum Gasteiger partial charge on any atom is 0.344 e. The van der Waals surface area contributed by atoms with Crippen molar-refractivity contribution < 1.29 is 13.9 Å². The monoisotopic (exact) mass is 300 g/mol. The molecule has 0 bridgehead atoms. The Morgan fingerprint density at radius 1 is 1.27 bits per heavy atom. The molecule has 3 aromatic rings. The number of aromatic nitrogens is 4. The van der Waals surface area contributed by atoms with Gasteiger partial charge < -0.3 is 15.0 Å². The Balaban J connectivity index is 1.98. The molecule has 0 aliphatic heterocycles. The van der Waals surface area contributed by atoms with Gasteiger partial charge in [-0.25, -0.2) is 14.2 Å². The number of alkyl halides is 1. The van der Waals surface area contributed by atoms with E-state index in [0.29, 0.717) is 11.2 Å². The lowest BCUT2D eigenvalue weighted by Gasteiger charge is -2.05. The van der Waals surface area contributed by atoms with Crippen LogP contribution in [-0.2, 0) is 6.54 Å². The number of rotatable bonds is 4. The summed E-state index contributed by atoms with van der Waals surface area (Å²) in [7, 11) is 0. The molecule has 0 atom stereocenters. The number of anilines is 1. The number of ether oxygens (including phenoxy) is 1. The maximum absolute atomic E-state index is 12.5. The zero-order chi connectivity index (χ0) is 15.5. The topological polar surface area (TPSA) is 95.9 Å². The van der Waals surface area contributed by atoms with Crippen molar-refractivity contribution in [1.29, 1.82) is 0 Å². The Labute approximate surface area is 124 Å². The summed E-state index contributed by atoms with van der Waals surface area (Å²) < 4.78 is 19.2. The minimum absolute atomic E-state index is 0.0473. The van der Waals surface area contributed by atoms with Crippen LogP contribution in [-0.4, -0.2) is 32.2 Å². The molecule has 2 heterocycles. The first-order valence-corrected chi connectivity index (χ1v) is 6.50. The van der Waals surface area contributed by atoms with Crippen LogP contribution in [0.3, 0.4) is 0 Å². The number of benzene rings is 1. The summed E-state index contributed by atoms with van der Waals surface area (Å²) in [5, 5.41) is 0. The summed E-state index contributed by atoms with van der Waals surface area (Å²) in [5.41, 5.74) is 6.56. The quantitative estimate of drug-likeness (QED) is 0.735. The van der Waals surface area contributed by atoms with Crippen LogP contribution < -0.4 is 10.5 Å². The Bertz CT molecular complexity index is 819. The molecule has 2 N–H and O–H groups in total. The summed E-state index contributed by atoms with van der Waals surface area (Å²) in [4.78, 5) is 24.0. The molecule has 8 heteroatoms. The van der Waals surface area contributed by atoms with E-state index in [2.05, 4.69) is 15.0 Å². The number of imidazole rings is 1. The highest BCUT2D eigenvalue weighted by atomic mass is 18.2. The molecular formula is C14H12FN5O2. The second-order valence-corrected chi connectivity index (χ2v) is 4.44. The molecule has 0 radical (unpaired) electrons. The van der Waals surface area contributed by atoms with E-state index in [1.165, 1.54) is 10.9 Å². The van der Waals surface area contributed by atoms with Gasteiger partial charge in [-0.1, -0.05) is 18.2 Å². The minimum Gasteiger partial charge on any atom is -0.401 e. The number of hydrogen-bond donors (Lipinski definition) is 1. The third-order valence-electron chi connectivity index (χ3n) is 2.97. The van der Waals surface area contributed by atoms with Crippen molar-refractivity contribution in [1.82, 2.24) is 19.5 Å². The lowest BCUT2D eigenvalue weighted by Crippen LogP contribution is -2.11. The van der Waals surface area contributed by atoms with E-state index in [0.717, 1.165) is 0 Å². The number of nitrogen functional groups attached to an aromatic ring is 1. The summed E-state index contributed by atoms with van der Waals surface area (Å²) >= 11 is 0. The van der Waals surface area contributed by atoms with E-state index >= 15 is 0 Å². The van der Waals surface area contributed by atoms with Crippen LogP contribution in [0.1, 0.15) is 10.4 Å². The fourth-order valence-electron chi connectivity index (χ4n) is 1.98. The third kappa shape index (κ3) is 2.58. The minimum atomic E-state index is -0.583. The Morgan fingerprint density at radius 2 is 2.05 bits per heavy atom. The van der Waals surface area contributed by atoms with Crippen molar-refractivity contribution in [3.63, 3.8) is 0 Å². The highest BCUT2D eigenvalue weighted by Gasteiger charge is 2.17. The standard InChI is InChI=1S/C14H12FN5O2/c15-6-7-20-8-17-10-11(20)18-14(16)19-12(10)22-13(21)9-4-2-1-3-5-9/h1-5,8H,6-7H2,(H2,16,18,19)/i15-1. The Hall–Kier alpha value is -3.03. The summed E-state index contributed by atoms with van der Waals surface area (Å²) in [5.74, 6) is -0.710. The van der Waals surface area contributed by atoms with Crippen molar-refractivity contribution in [3.8, 4) is 5.88 Å². The average molecular weight is 300 g/mol. The van der Waals surface area contributed by atoms with Crippen molar-refractivity contribution >= 4 is 23.1 Å². The molecular weight excluding hydrogens is 288 g/mol. The first-order valence-electron chi connectivity index (χ1n) is 6.50. The van der Waals surface area contributed by atoms with Crippen LogP contribution in [0.2, 0.25) is 0 Å². The van der Waals surface area contributed by atoms with Gasteiger partial charge >= 0.3 is 5.97 Å². The molecule has 0 aliphatic rings. The number of carbonyl (C=O) groups is 1. The maximum atomic E-state index is 12.5. The predicted molar refractivity (Wildman–Crippen MR) is 77.1 cm³/mol. The molecule has 0 fully saturated rings. The fourth-order valence-corrected chi connectivity index (χ4v) is 1.98. The van der Waals surface area contributed by atoms with Gasteiger partial charge in [-0.15, -0.1) is 0 Å². The molecule has 1 aromatic carbocycles. The van der Waals surface area contributed by atoms with Gasteiger partial charge in [0.15, 0.2) is 11.2 Å². The van der Waals surface area contributed by atoms with Crippen LogP contribution in [0.5, 0.6) is 5.88 Å². The van der Waals surface area contributed by atoms with Crippen molar-refractivity contribution in [3.05, 3.63) is 42.2 Å². The largest absolute Gasteiger partial charge is 0.401 e. The van der Waals surface area contributed by atoms with Crippen LogP contribution >= 0.6 is 0 Å². The van der Waals surface area contributed by atoms with Crippen LogP contribution in [0.25, 0.3) is 11.2 Å². The smallest absolute Gasteiger partial charge is 0.344 e. The number of carbonyl (C=O) groups excluding carboxylic acids is 1. The molecule has 0 spiro atoms. The number of aryl methyl sites for hydroxylation is 1. The number of hydrogen-bond acceptors (Lipinski definition) is 6. The SMILES string of the molecule is Nc1nc(OC(=O)c2ccccc2)c2ncn(CC[18F])c2n1. The lowest BCUT2D eigenvalue weighted by atomic mass is 10.2. The first-order chi connectivity index (χ1) is 10.7. The van der Waals surface area contributed by atoms with E-state index in [1.807, 2.05) is 0 Å². The highest BCUT2D eigenvalue weighted by Crippen LogP contribution is 2.22. The molecule has 112 valence electrons. The van der Waals surface area contributed by atoms with Crippen molar-refractivity contribution in [2.45, 2.75) is 6.54 Å². The van der Waals surface area contributed by atoms with Gasteiger partial charge in [-0.2, -0.15) is 9.97 Å². The van der Waals surface area contributed by atoms with Gasteiger partial charge in [0, 0.05) is 0 Å². The van der Waals surface area contributed by atoms with E-state index in [1.54, 1.807) is 30.3 Å². The summed E-state index contributed by atoms with van der Waals surface area (Å²) in [6.45, 7) is -0.493. The summed E-state index contributed by atoms with van der Waals surface area (Å²) in [6.07, 6.45) is 1.40. The molecule has 3 rings (SSSR count). The number of halogens is 1. The average Bonchev–Trinajstić information content (AvgIpc) is 2.92. The number of esters is 1. The zero-order valence-corrected chi connectivity index (χ0v) is 11.4. The molecule has 0 saturated carbocycles. The van der Waals surface area contributed by atoms with Gasteiger partial charge in [0.2, 0.25) is 5.95 Å². The second-order valence-electron chi connectivity index (χ2n) is 4.44. The van der Waals surface area contributed by atoms with E-state index in [-0.39, 0.29) is 23.9 Å². The van der Waals surface area contributed by atoms with Crippen molar-refractivity contribution in [2.75, 3.05) is 12.4 Å². The normalized spacial score (nSPS) is 10.8. The molecule has 22 heavy (non-hydrogen) atoms. The van der Waals surface area contributed by atoms with Gasteiger partial charge in [-0.3, -0.25) is 0 Å². The number of nitrogens with zero attached hydrogens (tertiary/aromatic N) is 4. The molecule has 0 unspecified atom stereocenters. The molecule has 0 amide bonds. The van der Waals surface area contributed by atoms with Crippen LogP contribution in [0.15, 0.2) is 36.7 Å². The van der Waals surface area contributed by atoms with E-state index in [9.17, 15) is 9.18 Å².